The summed E-state index contributed by atoms with van der Waals surface area (Å²) in [7, 11) is 1.56. The molecule has 5 heteroatoms. The van der Waals surface area contributed by atoms with Crippen LogP contribution in [0.2, 0.25) is 0 Å². The molecule has 0 radical (unpaired) electrons. The largest absolute Gasteiger partial charge is 0.493 e. The second-order valence-electron chi connectivity index (χ2n) is 9.53. The van der Waals surface area contributed by atoms with Crippen molar-refractivity contribution in [3.63, 3.8) is 0 Å². The monoisotopic (exact) mass is 488 g/mol. The Bertz CT molecular complexity index is 873. The van der Waals surface area contributed by atoms with Crippen LogP contribution in [0.3, 0.4) is 0 Å². The van der Waals surface area contributed by atoms with Gasteiger partial charge in [-0.25, -0.2) is 4.79 Å². The first-order valence-corrected chi connectivity index (χ1v) is 14.1. The van der Waals surface area contributed by atoms with Crippen LogP contribution in [0, 0.1) is 0 Å². The average Bonchev–Trinajstić information content (AvgIpc) is 2.86. The maximum absolute atomic E-state index is 12.6. The molecular weight excluding hydrogens is 440 g/mol. The van der Waals surface area contributed by atoms with Crippen molar-refractivity contribution in [1.29, 1.82) is 0 Å². The lowest BCUT2D eigenvalue weighted by Crippen LogP contribution is -2.11. The van der Waals surface area contributed by atoms with E-state index in [-0.39, 0.29) is 5.75 Å². The summed E-state index contributed by atoms with van der Waals surface area (Å²) >= 11 is 0. The second-order valence-corrected chi connectivity index (χ2v) is 9.53. The molecule has 198 valence electrons. The molecular formula is C30H48O5. The summed E-state index contributed by atoms with van der Waals surface area (Å²) in [4.78, 5) is 12.6. The molecule has 0 atom stereocenters. The highest BCUT2D eigenvalue weighted by Gasteiger charge is 2.20. The Balaban J connectivity index is 1.88. The highest BCUT2D eigenvalue weighted by molar-refractivity contribution is 5.91. The Morgan fingerprint density at radius 2 is 1.17 bits per heavy atom. The van der Waals surface area contributed by atoms with E-state index >= 15 is 0 Å². The van der Waals surface area contributed by atoms with Gasteiger partial charge in [0.05, 0.1) is 20.3 Å². The fraction of sp³-hybridized carbons (Fsp3) is 0.700. The van der Waals surface area contributed by atoms with Crippen molar-refractivity contribution < 1.29 is 18.6 Å². The summed E-state index contributed by atoms with van der Waals surface area (Å²) < 4.78 is 23.2. The molecule has 0 amide bonds. The minimum atomic E-state index is -0.505. The minimum absolute atomic E-state index is 0.145. The fourth-order valence-electron chi connectivity index (χ4n) is 4.44. The zero-order chi connectivity index (χ0) is 25.1. The van der Waals surface area contributed by atoms with Gasteiger partial charge < -0.3 is 18.6 Å². The molecule has 0 spiro atoms. The summed E-state index contributed by atoms with van der Waals surface area (Å²) in [6, 6.07) is 5.51. The maximum atomic E-state index is 12.6. The topological polar surface area (TPSA) is 57.9 Å². The van der Waals surface area contributed by atoms with E-state index in [4.69, 9.17) is 18.6 Å². The van der Waals surface area contributed by atoms with Crippen molar-refractivity contribution in [3.8, 4) is 17.2 Å². The van der Waals surface area contributed by atoms with Crippen molar-refractivity contribution in [3.05, 3.63) is 28.6 Å². The van der Waals surface area contributed by atoms with Gasteiger partial charge in [0.2, 0.25) is 5.75 Å². The number of benzene rings is 1. The molecule has 35 heavy (non-hydrogen) atoms. The second kappa shape index (κ2) is 18.1. The minimum Gasteiger partial charge on any atom is -0.493 e. The van der Waals surface area contributed by atoms with Crippen molar-refractivity contribution in [2.75, 3.05) is 20.3 Å². The van der Waals surface area contributed by atoms with Crippen LogP contribution in [0.5, 0.6) is 17.2 Å². The van der Waals surface area contributed by atoms with Gasteiger partial charge >= 0.3 is 5.63 Å². The highest BCUT2D eigenvalue weighted by atomic mass is 16.5. The van der Waals surface area contributed by atoms with Crippen LogP contribution in [-0.4, -0.2) is 20.3 Å². The number of rotatable bonds is 21. The molecule has 0 saturated heterocycles. The van der Waals surface area contributed by atoms with Crippen LogP contribution < -0.4 is 19.8 Å². The van der Waals surface area contributed by atoms with Gasteiger partial charge in [-0.05, 0) is 25.0 Å². The first-order chi connectivity index (χ1) is 17.2. The first-order valence-electron chi connectivity index (χ1n) is 14.1. The molecule has 0 aliphatic carbocycles. The van der Waals surface area contributed by atoms with Gasteiger partial charge in [-0.2, -0.15) is 0 Å². The Hall–Kier alpha value is -2.17. The molecule has 1 aromatic heterocycles. The predicted molar refractivity (Wildman–Crippen MR) is 145 cm³/mol. The Kier molecular flexibility index (Phi) is 15.1. The molecule has 0 unspecified atom stereocenters. The SMILES string of the molecule is CCCCCCCCCCOc1c(OC)c2c(OCCCCCCCCCC)cccc2oc1=O. The van der Waals surface area contributed by atoms with Crippen molar-refractivity contribution >= 4 is 11.0 Å². The van der Waals surface area contributed by atoms with Crippen LogP contribution in [-0.2, 0) is 0 Å². The summed E-state index contributed by atoms with van der Waals surface area (Å²) in [5.74, 6) is 1.22. The zero-order valence-electron chi connectivity index (χ0n) is 22.5. The van der Waals surface area contributed by atoms with Gasteiger partial charge in [0.15, 0.2) is 5.75 Å². The highest BCUT2D eigenvalue weighted by Crippen LogP contribution is 2.38. The summed E-state index contributed by atoms with van der Waals surface area (Å²) in [5.41, 5.74) is -0.0474. The smallest absolute Gasteiger partial charge is 0.383 e. The van der Waals surface area contributed by atoms with Crippen LogP contribution in [0.15, 0.2) is 27.4 Å². The van der Waals surface area contributed by atoms with Crippen molar-refractivity contribution in [1.82, 2.24) is 0 Å². The quantitative estimate of drug-likeness (QED) is 0.130. The molecule has 5 nitrogen and oxygen atoms in total. The molecule has 0 fully saturated rings. The molecule has 0 aliphatic rings. The first kappa shape index (κ1) is 29.1. The third-order valence-electron chi connectivity index (χ3n) is 6.51. The Morgan fingerprint density at radius 3 is 1.71 bits per heavy atom. The van der Waals surface area contributed by atoms with E-state index in [0.717, 1.165) is 25.7 Å². The molecule has 2 aromatic rings. The summed E-state index contributed by atoms with van der Waals surface area (Å²) in [5, 5.41) is 0.667. The number of unbranched alkanes of at least 4 members (excludes halogenated alkanes) is 14. The lowest BCUT2D eigenvalue weighted by atomic mass is 10.1. The van der Waals surface area contributed by atoms with E-state index < -0.39 is 5.63 Å². The molecule has 1 aromatic carbocycles. The van der Waals surface area contributed by atoms with Crippen LogP contribution in [0.25, 0.3) is 11.0 Å². The molecule has 0 aliphatic heterocycles. The number of hydrogen-bond acceptors (Lipinski definition) is 5. The molecule has 0 N–H and O–H groups in total. The molecule has 0 saturated carbocycles. The zero-order valence-corrected chi connectivity index (χ0v) is 22.5. The third kappa shape index (κ3) is 10.5. The van der Waals surface area contributed by atoms with E-state index in [1.54, 1.807) is 13.2 Å². The molecule has 2 rings (SSSR count). The van der Waals surface area contributed by atoms with E-state index in [2.05, 4.69) is 13.8 Å². The van der Waals surface area contributed by atoms with Gasteiger partial charge in [-0.3, -0.25) is 0 Å². The van der Waals surface area contributed by atoms with E-state index in [1.807, 2.05) is 12.1 Å². The Labute approximate surface area is 212 Å². The van der Waals surface area contributed by atoms with E-state index in [0.29, 0.717) is 35.7 Å². The predicted octanol–water partition coefficient (Wildman–Crippen LogP) is 8.84. The fourth-order valence-corrected chi connectivity index (χ4v) is 4.44. The van der Waals surface area contributed by atoms with Crippen molar-refractivity contribution in [2.24, 2.45) is 0 Å². The van der Waals surface area contributed by atoms with E-state index in [1.165, 1.54) is 77.0 Å². The van der Waals surface area contributed by atoms with E-state index in [9.17, 15) is 4.79 Å². The van der Waals surface area contributed by atoms with Crippen LogP contribution in [0.1, 0.15) is 117 Å². The Morgan fingerprint density at radius 1 is 0.657 bits per heavy atom. The number of fused-ring (bicyclic) bond motifs is 1. The molecule has 1 heterocycles. The third-order valence-corrected chi connectivity index (χ3v) is 6.51. The van der Waals surface area contributed by atoms with Crippen molar-refractivity contribution in [2.45, 2.75) is 117 Å². The van der Waals surface area contributed by atoms with Crippen LogP contribution in [0.4, 0.5) is 0 Å². The normalized spacial score (nSPS) is 11.2. The van der Waals surface area contributed by atoms with Gasteiger partial charge in [0.1, 0.15) is 16.7 Å². The standard InChI is InChI=1S/C30H48O5/c1-4-6-8-10-12-14-16-18-23-33-25-21-20-22-26-27(25)28(32-3)29(30(31)35-26)34-24-19-17-15-13-11-9-7-5-2/h20-22H,4-19,23-24H2,1-3H3. The number of methoxy groups -OCH3 is 1. The van der Waals surface area contributed by atoms with Gasteiger partial charge in [-0.1, -0.05) is 110 Å². The molecule has 0 bridgehead atoms. The maximum Gasteiger partial charge on any atom is 0.383 e. The number of hydrogen-bond donors (Lipinski definition) is 0. The summed E-state index contributed by atoms with van der Waals surface area (Å²) in [6.45, 7) is 5.59. The number of ether oxygens (including phenoxy) is 3. The lowest BCUT2D eigenvalue weighted by molar-refractivity contribution is 0.270. The summed E-state index contributed by atoms with van der Waals surface area (Å²) in [6.07, 6.45) is 19.7. The van der Waals surface area contributed by atoms with Gasteiger partial charge in [-0.15, -0.1) is 0 Å². The average molecular weight is 489 g/mol. The van der Waals surface area contributed by atoms with Crippen LogP contribution >= 0.6 is 0 Å². The van der Waals surface area contributed by atoms with Gasteiger partial charge in [0, 0.05) is 0 Å². The lowest BCUT2D eigenvalue weighted by Gasteiger charge is -2.14. The van der Waals surface area contributed by atoms with Gasteiger partial charge in [0.25, 0.3) is 0 Å².